The normalized spacial score (nSPS) is 12.1. The fourth-order valence-corrected chi connectivity index (χ4v) is 1.39. The standard InChI is InChI=1S/C9H13N3O4/c1-3-6(8(14)15)12(2)7(13)5-4-10-9(16)11-5/h4,6H,3H2,1-2H3,(H,14,15)(H2,10,11,16). The SMILES string of the molecule is CCC(C(=O)O)N(C)C(=O)c1c[nH]c(=O)[nH]1. The van der Waals surface area contributed by atoms with Crippen molar-refractivity contribution in [2.24, 2.45) is 0 Å². The molecule has 1 aromatic heterocycles. The van der Waals surface area contributed by atoms with E-state index in [0.29, 0.717) is 6.42 Å². The van der Waals surface area contributed by atoms with Gasteiger partial charge in [-0.05, 0) is 6.42 Å². The van der Waals surface area contributed by atoms with Crippen molar-refractivity contribution >= 4 is 11.9 Å². The zero-order valence-corrected chi connectivity index (χ0v) is 8.98. The van der Waals surface area contributed by atoms with Crippen molar-refractivity contribution in [1.29, 1.82) is 0 Å². The Morgan fingerprint density at radius 1 is 1.56 bits per heavy atom. The van der Waals surface area contributed by atoms with Crippen molar-refractivity contribution in [3.63, 3.8) is 0 Å². The van der Waals surface area contributed by atoms with Crippen LogP contribution in [0.4, 0.5) is 0 Å². The molecule has 7 heteroatoms. The van der Waals surface area contributed by atoms with Crippen molar-refractivity contribution in [2.75, 3.05) is 7.05 Å². The second-order valence-electron chi connectivity index (χ2n) is 3.33. The molecule has 1 unspecified atom stereocenters. The number of hydrogen-bond donors (Lipinski definition) is 3. The quantitative estimate of drug-likeness (QED) is 0.652. The first-order valence-electron chi connectivity index (χ1n) is 4.75. The minimum absolute atomic E-state index is 0.0483. The van der Waals surface area contributed by atoms with Crippen LogP contribution in [0, 0.1) is 0 Å². The third-order valence-electron chi connectivity index (χ3n) is 2.29. The van der Waals surface area contributed by atoms with Gasteiger partial charge in [0.05, 0.1) is 0 Å². The number of nitrogens with one attached hydrogen (secondary N) is 2. The van der Waals surface area contributed by atoms with Crippen molar-refractivity contribution in [2.45, 2.75) is 19.4 Å². The van der Waals surface area contributed by atoms with E-state index in [4.69, 9.17) is 5.11 Å². The van der Waals surface area contributed by atoms with Crippen LogP contribution in [0.5, 0.6) is 0 Å². The van der Waals surface area contributed by atoms with Crippen LogP contribution >= 0.6 is 0 Å². The molecule has 0 aliphatic heterocycles. The van der Waals surface area contributed by atoms with Gasteiger partial charge in [-0.3, -0.25) is 4.79 Å². The van der Waals surface area contributed by atoms with Gasteiger partial charge in [-0.15, -0.1) is 0 Å². The van der Waals surface area contributed by atoms with E-state index < -0.39 is 23.6 Å². The molecule has 1 atom stereocenters. The monoisotopic (exact) mass is 227 g/mol. The summed E-state index contributed by atoms with van der Waals surface area (Å²) < 4.78 is 0. The number of carboxylic acids is 1. The molecular formula is C9H13N3O4. The molecule has 1 rings (SSSR count). The zero-order chi connectivity index (χ0) is 12.3. The Kier molecular flexibility index (Phi) is 3.49. The van der Waals surface area contributed by atoms with Crippen molar-refractivity contribution < 1.29 is 14.7 Å². The minimum atomic E-state index is -1.07. The molecule has 0 saturated heterocycles. The second-order valence-corrected chi connectivity index (χ2v) is 3.33. The largest absolute Gasteiger partial charge is 0.480 e. The van der Waals surface area contributed by atoms with Gasteiger partial charge in [0.1, 0.15) is 11.7 Å². The van der Waals surface area contributed by atoms with Gasteiger partial charge in [0.2, 0.25) is 0 Å². The van der Waals surface area contributed by atoms with E-state index >= 15 is 0 Å². The molecule has 1 heterocycles. The predicted molar refractivity (Wildman–Crippen MR) is 55.2 cm³/mol. The molecule has 16 heavy (non-hydrogen) atoms. The van der Waals surface area contributed by atoms with Crippen LogP contribution in [0.15, 0.2) is 11.0 Å². The molecule has 0 spiro atoms. The highest BCUT2D eigenvalue weighted by Crippen LogP contribution is 2.06. The van der Waals surface area contributed by atoms with Crippen LogP contribution in [-0.2, 0) is 4.79 Å². The molecule has 0 aliphatic rings. The Bertz CT molecular complexity index is 448. The summed E-state index contributed by atoms with van der Waals surface area (Å²) >= 11 is 0. The van der Waals surface area contributed by atoms with Gasteiger partial charge in [-0.1, -0.05) is 6.92 Å². The lowest BCUT2D eigenvalue weighted by molar-refractivity contribution is -0.142. The molecular weight excluding hydrogens is 214 g/mol. The summed E-state index contributed by atoms with van der Waals surface area (Å²) in [7, 11) is 1.38. The number of aliphatic carboxylic acids is 1. The van der Waals surface area contributed by atoms with Crippen molar-refractivity contribution in [1.82, 2.24) is 14.9 Å². The van der Waals surface area contributed by atoms with E-state index in [0.717, 1.165) is 4.90 Å². The topological polar surface area (TPSA) is 106 Å². The molecule has 3 N–H and O–H groups in total. The first-order valence-corrected chi connectivity index (χ1v) is 4.75. The Morgan fingerprint density at radius 2 is 2.19 bits per heavy atom. The van der Waals surface area contributed by atoms with Gasteiger partial charge >= 0.3 is 11.7 Å². The molecule has 0 saturated carbocycles. The second kappa shape index (κ2) is 4.65. The van der Waals surface area contributed by atoms with Gasteiger partial charge in [0, 0.05) is 13.2 Å². The summed E-state index contributed by atoms with van der Waals surface area (Å²) in [6, 6.07) is -0.897. The summed E-state index contributed by atoms with van der Waals surface area (Å²) in [5.74, 6) is -1.61. The average molecular weight is 227 g/mol. The van der Waals surface area contributed by atoms with E-state index in [1.807, 2.05) is 0 Å². The van der Waals surface area contributed by atoms with Crippen LogP contribution in [-0.4, -0.2) is 44.9 Å². The highest BCUT2D eigenvalue weighted by atomic mass is 16.4. The smallest absolute Gasteiger partial charge is 0.326 e. The Labute approximate surface area is 91.1 Å². The van der Waals surface area contributed by atoms with E-state index in [1.165, 1.54) is 13.2 Å². The molecule has 1 amide bonds. The lowest BCUT2D eigenvalue weighted by Gasteiger charge is -2.22. The van der Waals surface area contributed by atoms with Gasteiger partial charge in [-0.25, -0.2) is 9.59 Å². The number of nitrogens with zero attached hydrogens (tertiary/aromatic N) is 1. The number of hydrogen-bond acceptors (Lipinski definition) is 3. The van der Waals surface area contributed by atoms with Gasteiger partial charge in [-0.2, -0.15) is 0 Å². The number of likely N-dealkylation sites (N-methyl/N-ethyl adjacent to an activating group) is 1. The molecule has 0 bridgehead atoms. The highest BCUT2D eigenvalue weighted by Gasteiger charge is 2.26. The molecule has 0 radical (unpaired) electrons. The first-order chi connectivity index (χ1) is 7.47. The number of imidazole rings is 1. The lowest BCUT2D eigenvalue weighted by Crippen LogP contribution is -2.42. The Balaban J connectivity index is 2.89. The third kappa shape index (κ3) is 2.30. The minimum Gasteiger partial charge on any atom is -0.480 e. The molecule has 1 aromatic rings. The third-order valence-corrected chi connectivity index (χ3v) is 2.29. The number of carbonyl (C=O) groups is 2. The van der Waals surface area contributed by atoms with Crippen LogP contribution in [0.3, 0.4) is 0 Å². The number of rotatable bonds is 4. The van der Waals surface area contributed by atoms with Gasteiger partial charge in [0.15, 0.2) is 0 Å². The molecule has 0 aliphatic carbocycles. The van der Waals surface area contributed by atoms with E-state index in [-0.39, 0.29) is 5.69 Å². The lowest BCUT2D eigenvalue weighted by atomic mass is 10.2. The Hall–Kier alpha value is -2.05. The number of aromatic nitrogens is 2. The van der Waals surface area contributed by atoms with Crippen molar-refractivity contribution in [3.8, 4) is 0 Å². The van der Waals surface area contributed by atoms with Gasteiger partial charge in [0.25, 0.3) is 5.91 Å². The van der Waals surface area contributed by atoms with Gasteiger partial charge < -0.3 is 20.0 Å². The fourth-order valence-electron chi connectivity index (χ4n) is 1.39. The summed E-state index contributed by atoms with van der Waals surface area (Å²) in [6.45, 7) is 1.67. The Morgan fingerprint density at radius 3 is 2.56 bits per heavy atom. The maximum absolute atomic E-state index is 11.7. The molecule has 0 fully saturated rings. The molecule has 7 nitrogen and oxygen atoms in total. The molecule has 0 aromatic carbocycles. The number of H-pyrrole nitrogens is 2. The summed E-state index contributed by atoms with van der Waals surface area (Å²) in [5, 5.41) is 8.87. The zero-order valence-electron chi connectivity index (χ0n) is 8.98. The van der Waals surface area contributed by atoms with E-state index in [9.17, 15) is 14.4 Å². The summed E-state index contributed by atoms with van der Waals surface area (Å²) in [6.07, 6.45) is 1.52. The maximum Gasteiger partial charge on any atom is 0.326 e. The van der Waals surface area contributed by atoms with Crippen LogP contribution < -0.4 is 5.69 Å². The number of amides is 1. The first kappa shape index (κ1) is 12.0. The number of carboxylic acid groups (broad SMARTS) is 1. The van der Waals surface area contributed by atoms with Crippen LogP contribution in [0.2, 0.25) is 0 Å². The highest BCUT2D eigenvalue weighted by molar-refractivity contribution is 5.94. The van der Waals surface area contributed by atoms with Crippen molar-refractivity contribution in [3.05, 3.63) is 22.4 Å². The van der Waals surface area contributed by atoms with Crippen LogP contribution in [0.1, 0.15) is 23.8 Å². The number of aromatic amines is 2. The maximum atomic E-state index is 11.7. The number of carbonyl (C=O) groups excluding carboxylic acids is 1. The summed E-state index contributed by atoms with van der Waals surface area (Å²) in [5.41, 5.74) is -0.452. The summed E-state index contributed by atoms with van der Waals surface area (Å²) in [4.78, 5) is 39.0. The van der Waals surface area contributed by atoms with E-state index in [2.05, 4.69) is 9.97 Å². The predicted octanol–water partition coefficient (Wildman–Crippen LogP) is -0.362. The molecule has 88 valence electrons. The van der Waals surface area contributed by atoms with Crippen LogP contribution in [0.25, 0.3) is 0 Å². The fraction of sp³-hybridized carbons (Fsp3) is 0.444. The average Bonchev–Trinajstić information content (AvgIpc) is 2.64. The van der Waals surface area contributed by atoms with E-state index in [1.54, 1.807) is 6.92 Å².